The average molecular weight is 262 g/mol. The van der Waals surface area contributed by atoms with Gasteiger partial charge in [-0.15, -0.1) is 0 Å². The molecule has 0 unspecified atom stereocenters. The molecule has 4 nitrogen and oxygen atoms in total. The Hall–Kier alpha value is -1.73. The van der Waals surface area contributed by atoms with Crippen molar-refractivity contribution in [3.8, 4) is 17.6 Å². The van der Waals surface area contributed by atoms with E-state index in [4.69, 9.17) is 14.7 Å². The maximum Gasteiger partial charge on any atom is 0.165 e. The van der Waals surface area contributed by atoms with Gasteiger partial charge in [-0.1, -0.05) is 12.1 Å². The lowest BCUT2D eigenvalue weighted by molar-refractivity contribution is 0.269. The zero-order valence-corrected chi connectivity index (χ0v) is 11.7. The lowest BCUT2D eigenvalue weighted by atomic mass is 10.2. The molecule has 1 aromatic rings. The summed E-state index contributed by atoms with van der Waals surface area (Å²) in [6.45, 7) is 3.94. The first-order valence-electron chi connectivity index (χ1n) is 6.72. The summed E-state index contributed by atoms with van der Waals surface area (Å²) in [5.41, 5.74) is 1.09. The Morgan fingerprint density at radius 3 is 2.79 bits per heavy atom. The fourth-order valence-corrected chi connectivity index (χ4v) is 1.80. The van der Waals surface area contributed by atoms with Crippen molar-refractivity contribution in [3.05, 3.63) is 23.8 Å². The highest BCUT2D eigenvalue weighted by molar-refractivity contribution is 5.46. The van der Waals surface area contributed by atoms with Gasteiger partial charge in [-0.25, -0.2) is 0 Å². The molecule has 0 heterocycles. The summed E-state index contributed by atoms with van der Waals surface area (Å²) >= 11 is 0. The van der Waals surface area contributed by atoms with Crippen molar-refractivity contribution in [1.29, 1.82) is 5.26 Å². The molecule has 1 N–H and O–H groups in total. The van der Waals surface area contributed by atoms with Gasteiger partial charge in [0.2, 0.25) is 0 Å². The van der Waals surface area contributed by atoms with Crippen LogP contribution in [0.3, 0.4) is 0 Å². The van der Waals surface area contributed by atoms with Crippen LogP contribution in [0.2, 0.25) is 0 Å². The van der Waals surface area contributed by atoms with Crippen molar-refractivity contribution in [3.63, 3.8) is 0 Å². The van der Waals surface area contributed by atoms with Crippen molar-refractivity contribution in [2.24, 2.45) is 0 Å². The largest absolute Gasteiger partial charge is 0.490 e. The van der Waals surface area contributed by atoms with Gasteiger partial charge in [0, 0.05) is 18.5 Å². The maximum atomic E-state index is 8.49. The summed E-state index contributed by atoms with van der Waals surface area (Å²) in [4.78, 5) is 0. The third kappa shape index (κ3) is 5.19. The van der Waals surface area contributed by atoms with E-state index in [1.165, 1.54) is 0 Å². The number of unbranched alkanes of at least 4 members (excludes halogenated alkanes) is 2. The zero-order chi connectivity index (χ0) is 13.9. The molecule has 0 atom stereocenters. The molecule has 0 aliphatic rings. The Kier molecular flexibility index (Phi) is 7.45. The standard InChI is InChI=1S/C15H22N2O2/c1-3-18-14-9-7-8-13(12-17-2)15(14)19-11-6-4-5-10-16/h7-9,17H,3-6,11-12H2,1-2H3. The molecule has 0 aliphatic carbocycles. The fraction of sp³-hybridized carbons (Fsp3) is 0.533. The second-order valence-electron chi connectivity index (χ2n) is 4.17. The number of hydrogen-bond donors (Lipinski definition) is 1. The number of nitrogens with zero attached hydrogens (tertiary/aromatic N) is 1. The Balaban J connectivity index is 2.68. The molecule has 1 rings (SSSR count). The number of benzene rings is 1. The van der Waals surface area contributed by atoms with Crippen LogP contribution in [-0.4, -0.2) is 20.3 Å². The highest BCUT2D eigenvalue weighted by atomic mass is 16.5. The summed E-state index contributed by atoms with van der Waals surface area (Å²) in [6.07, 6.45) is 2.33. The SMILES string of the molecule is CCOc1cccc(CNC)c1OCCCCC#N. The van der Waals surface area contributed by atoms with Crippen LogP contribution in [0.25, 0.3) is 0 Å². The first kappa shape index (κ1) is 15.3. The Labute approximate surface area is 115 Å². The summed E-state index contributed by atoms with van der Waals surface area (Å²) in [5.74, 6) is 1.60. The van der Waals surface area contributed by atoms with Crippen LogP contribution in [0, 0.1) is 11.3 Å². The van der Waals surface area contributed by atoms with E-state index in [1.807, 2.05) is 32.2 Å². The zero-order valence-electron chi connectivity index (χ0n) is 11.7. The lowest BCUT2D eigenvalue weighted by Crippen LogP contribution is -2.09. The minimum Gasteiger partial charge on any atom is -0.490 e. The summed E-state index contributed by atoms with van der Waals surface area (Å²) in [5, 5.41) is 11.6. The number of hydrogen-bond acceptors (Lipinski definition) is 4. The Bertz CT molecular complexity index is 389. The first-order chi connectivity index (χ1) is 9.33. The van der Waals surface area contributed by atoms with Gasteiger partial charge in [-0.05, 0) is 32.9 Å². The van der Waals surface area contributed by atoms with E-state index in [2.05, 4.69) is 11.4 Å². The highest BCUT2D eigenvalue weighted by Gasteiger charge is 2.10. The molecule has 0 saturated heterocycles. The molecule has 104 valence electrons. The van der Waals surface area contributed by atoms with Crippen LogP contribution in [0.1, 0.15) is 31.7 Å². The summed E-state index contributed by atoms with van der Waals surface area (Å²) in [7, 11) is 1.91. The van der Waals surface area contributed by atoms with Gasteiger partial charge in [0.05, 0.1) is 19.3 Å². The number of para-hydroxylation sites is 1. The van der Waals surface area contributed by atoms with E-state index in [-0.39, 0.29) is 0 Å². The van der Waals surface area contributed by atoms with E-state index >= 15 is 0 Å². The van der Waals surface area contributed by atoms with Gasteiger partial charge in [-0.2, -0.15) is 5.26 Å². The summed E-state index contributed by atoms with van der Waals surface area (Å²) in [6, 6.07) is 8.07. The van der Waals surface area contributed by atoms with Gasteiger partial charge in [0.25, 0.3) is 0 Å². The van der Waals surface area contributed by atoms with Crippen LogP contribution in [-0.2, 0) is 6.54 Å². The fourth-order valence-electron chi connectivity index (χ4n) is 1.80. The van der Waals surface area contributed by atoms with Crippen molar-refractivity contribution < 1.29 is 9.47 Å². The average Bonchev–Trinajstić information content (AvgIpc) is 2.41. The Morgan fingerprint density at radius 1 is 1.26 bits per heavy atom. The molecule has 0 aromatic heterocycles. The molecule has 0 saturated carbocycles. The van der Waals surface area contributed by atoms with Gasteiger partial charge in [-0.3, -0.25) is 0 Å². The van der Waals surface area contributed by atoms with Crippen LogP contribution < -0.4 is 14.8 Å². The predicted octanol–water partition coefficient (Wildman–Crippen LogP) is 2.88. The predicted molar refractivity (Wildman–Crippen MR) is 75.3 cm³/mol. The van der Waals surface area contributed by atoms with E-state index in [0.717, 1.165) is 36.4 Å². The first-order valence-corrected chi connectivity index (χ1v) is 6.72. The molecule has 4 heteroatoms. The van der Waals surface area contributed by atoms with Crippen molar-refractivity contribution in [2.75, 3.05) is 20.3 Å². The molecule has 0 bridgehead atoms. The van der Waals surface area contributed by atoms with E-state index in [1.54, 1.807) is 0 Å². The van der Waals surface area contributed by atoms with Crippen molar-refractivity contribution in [2.45, 2.75) is 32.7 Å². The molecule has 0 radical (unpaired) electrons. The third-order valence-electron chi connectivity index (χ3n) is 2.66. The van der Waals surface area contributed by atoms with Gasteiger partial charge < -0.3 is 14.8 Å². The van der Waals surface area contributed by atoms with Crippen molar-refractivity contribution >= 4 is 0 Å². The second kappa shape index (κ2) is 9.23. The molecule has 19 heavy (non-hydrogen) atoms. The third-order valence-corrected chi connectivity index (χ3v) is 2.66. The topological polar surface area (TPSA) is 54.3 Å². The van der Waals surface area contributed by atoms with E-state index < -0.39 is 0 Å². The van der Waals surface area contributed by atoms with E-state index in [0.29, 0.717) is 19.6 Å². The van der Waals surface area contributed by atoms with Crippen LogP contribution >= 0.6 is 0 Å². The van der Waals surface area contributed by atoms with Gasteiger partial charge in [0.1, 0.15) is 0 Å². The Morgan fingerprint density at radius 2 is 2.11 bits per heavy atom. The molecule has 0 aliphatic heterocycles. The van der Waals surface area contributed by atoms with Crippen molar-refractivity contribution in [1.82, 2.24) is 5.32 Å². The second-order valence-corrected chi connectivity index (χ2v) is 4.17. The quantitative estimate of drug-likeness (QED) is 0.695. The number of ether oxygens (including phenoxy) is 2. The maximum absolute atomic E-state index is 8.49. The smallest absolute Gasteiger partial charge is 0.165 e. The minimum atomic E-state index is 0.583. The van der Waals surface area contributed by atoms with Crippen LogP contribution in [0.15, 0.2) is 18.2 Å². The van der Waals surface area contributed by atoms with Gasteiger partial charge >= 0.3 is 0 Å². The number of nitrogens with one attached hydrogen (secondary N) is 1. The summed E-state index contributed by atoms with van der Waals surface area (Å²) < 4.78 is 11.4. The normalized spacial score (nSPS) is 9.95. The van der Waals surface area contributed by atoms with Crippen LogP contribution in [0.4, 0.5) is 0 Å². The van der Waals surface area contributed by atoms with E-state index in [9.17, 15) is 0 Å². The molecule has 0 amide bonds. The van der Waals surface area contributed by atoms with Gasteiger partial charge in [0.15, 0.2) is 11.5 Å². The highest BCUT2D eigenvalue weighted by Crippen LogP contribution is 2.31. The monoisotopic (exact) mass is 262 g/mol. The number of nitriles is 1. The lowest BCUT2D eigenvalue weighted by Gasteiger charge is -2.15. The number of rotatable bonds is 9. The van der Waals surface area contributed by atoms with Crippen LogP contribution in [0.5, 0.6) is 11.5 Å². The molecular weight excluding hydrogens is 240 g/mol. The molecule has 0 spiro atoms. The molecule has 1 aromatic carbocycles. The minimum absolute atomic E-state index is 0.583. The molecule has 0 fully saturated rings. The molecular formula is C15H22N2O2.